The van der Waals surface area contributed by atoms with Gasteiger partial charge in [0, 0.05) is 11.8 Å². The molecule has 122 valence electrons. The molecule has 1 aliphatic rings. The number of carbonyl (C=O) groups is 1. The largest absolute Gasteiger partial charge is 0.486 e. The van der Waals surface area contributed by atoms with Crippen molar-refractivity contribution in [2.45, 2.75) is 6.42 Å². The van der Waals surface area contributed by atoms with Crippen molar-refractivity contribution in [2.24, 2.45) is 0 Å². The van der Waals surface area contributed by atoms with E-state index in [1.165, 1.54) is 0 Å². The van der Waals surface area contributed by atoms with Crippen LogP contribution in [0, 0.1) is 0 Å². The van der Waals surface area contributed by atoms with Crippen LogP contribution in [0.5, 0.6) is 11.5 Å². The molecule has 0 saturated carbocycles. The highest BCUT2D eigenvalue weighted by atomic mass is 16.6. The van der Waals surface area contributed by atoms with Crippen molar-refractivity contribution < 1.29 is 18.7 Å². The summed E-state index contributed by atoms with van der Waals surface area (Å²) >= 11 is 0. The third-order valence-corrected chi connectivity index (χ3v) is 3.67. The van der Waals surface area contributed by atoms with Crippen molar-refractivity contribution in [3.05, 3.63) is 52.5 Å². The lowest BCUT2D eigenvalue weighted by Crippen LogP contribution is -2.17. The fourth-order valence-electron chi connectivity index (χ4n) is 2.62. The summed E-state index contributed by atoms with van der Waals surface area (Å²) in [6.45, 7) is 1.02. The molecule has 0 aliphatic carbocycles. The van der Waals surface area contributed by atoms with E-state index in [1.807, 2.05) is 0 Å². The van der Waals surface area contributed by atoms with Gasteiger partial charge in [0.15, 0.2) is 17.1 Å². The maximum Gasteiger partial charge on any atom is 0.417 e. The zero-order chi connectivity index (χ0) is 16.5. The monoisotopic (exact) mass is 326 g/mol. The van der Waals surface area contributed by atoms with Gasteiger partial charge in [-0.05, 0) is 29.8 Å². The Morgan fingerprint density at radius 3 is 2.79 bits per heavy atom. The van der Waals surface area contributed by atoms with Crippen LogP contribution in [0.25, 0.3) is 11.1 Å². The third-order valence-electron chi connectivity index (χ3n) is 3.67. The Balaban J connectivity index is 1.48. The molecule has 1 aromatic heterocycles. The molecule has 24 heavy (non-hydrogen) atoms. The van der Waals surface area contributed by atoms with E-state index in [0.29, 0.717) is 41.5 Å². The highest BCUT2D eigenvalue weighted by Crippen LogP contribution is 2.32. The zero-order valence-electron chi connectivity index (χ0n) is 12.6. The molecule has 3 aromatic rings. The second kappa shape index (κ2) is 5.77. The summed E-state index contributed by atoms with van der Waals surface area (Å²) in [6, 6.07) is 10.4. The maximum atomic E-state index is 12.2. The SMILES string of the molecule is O=C(Cc1ccc2oc(=O)[nH]c2c1)Nc1ccc2c(c1)OCCO2. The number of hydrogen-bond donors (Lipinski definition) is 2. The Morgan fingerprint density at radius 1 is 1.08 bits per heavy atom. The first-order chi connectivity index (χ1) is 11.7. The molecule has 0 radical (unpaired) electrons. The maximum absolute atomic E-state index is 12.2. The van der Waals surface area contributed by atoms with Gasteiger partial charge in [-0.15, -0.1) is 0 Å². The van der Waals surface area contributed by atoms with E-state index < -0.39 is 5.76 Å². The van der Waals surface area contributed by atoms with Gasteiger partial charge in [-0.2, -0.15) is 0 Å². The molecule has 2 aromatic carbocycles. The van der Waals surface area contributed by atoms with E-state index in [2.05, 4.69) is 10.3 Å². The van der Waals surface area contributed by atoms with Gasteiger partial charge in [0.05, 0.1) is 11.9 Å². The van der Waals surface area contributed by atoms with Gasteiger partial charge in [0.2, 0.25) is 5.91 Å². The first kappa shape index (κ1) is 14.4. The highest BCUT2D eigenvalue weighted by molar-refractivity contribution is 5.93. The summed E-state index contributed by atoms with van der Waals surface area (Å²) in [5.74, 6) is 0.616. The lowest BCUT2D eigenvalue weighted by molar-refractivity contribution is -0.115. The van der Waals surface area contributed by atoms with Crippen molar-refractivity contribution >= 4 is 22.7 Å². The van der Waals surface area contributed by atoms with Crippen molar-refractivity contribution in [3.63, 3.8) is 0 Å². The molecular formula is C17H14N2O5. The van der Waals surface area contributed by atoms with Gasteiger partial charge < -0.3 is 19.2 Å². The molecule has 0 atom stereocenters. The van der Waals surface area contributed by atoms with Gasteiger partial charge in [-0.3, -0.25) is 9.78 Å². The number of aromatic amines is 1. The Kier molecular flexibility index (Phi) is 3.45. The molecule has 0 fully saturated rings. The Bertz CT molecular complexity index is 973. The van der Waals surface area contributed by atoms with E-state index in [0.717, 1.165) is 5.56 Å². The van der Waals surface area contributed by atoms with Crippen LogP contribution in [-0.2, 0) is 11.2 Å². The number of H-pyrrole nitrogens is 1. The number of benzene rings is 2. The van der Waals surface area contributed by atoms with Crippen LogP contribution in [0.1, 0.15) is 5.56 Å². The average molecular weight is 326 g/mol. The number of nitrogens with one attached hydrogen (secondary N) is 2. The number of ether oxygens (including phenoxy) is 2. The molecule has 7 heteroatoms. The van der Waals surface area contributed by atoms with Crippen LogP contribution in [0.3, 0.4) is 0 Å². The first-order valence-corrected chi connectivity index (χ1v) is 7.49. The second-order valence-corrected chi connectivity index (χ2v) is 5.43. The fraction of sp³-hybridized carbons (Fsp3) is 0.176. The average Bonchev–Trinajstić information content (AvgIpc) is 2.94. The van der Waals surface area contributed by atoms with Crippen LogP contribution >= 0.6 is 0 Å². The number of anilines is 1. The number of fused-ring (bicyclic) bond motifs is 2. The third kappa shape index (κ3) is 2.83. The van der Waals surface area contributed by atoms with E-state index in [4.69, 9.17) is 13.9 Å². The molecule has 2 heterocycles. The summed E-state index contributed by atoms with van der Waals surface area (Å²) in [7, 11) is 0. The second-order valence-electron chi connectivity index (χ2n) is 5.43. The topological polar surface area (TPSA) is 93.6 Å². The number of rotatable bonds is 3. The molecule has 0 bridgehead atoms. The van der Waals surface area contributed by atoms with Gasteiger partial charge >= 0.3 is 5.76 Å². The van der Waals surface area contributed by atoms with Gasteiger partial charge in [0.25, 0.3) is 0 Å². The summed E-state index contributed by atoms with van der Waals surface area (Å²) in [5, 5.41) is 2.82. The van der Waals surface area contributed by atoms with E-state index in [9.17, 15) is 9.59 Å². The van der Waals surface area contributed by atoms with Crippen LogP contribution in [0.2, 0.25) is 0 Å². The van der Waals surface area contributed by atoms with Crippen LogP contribution < -0.4 is 20.5 Å². The predicted molar refractivity (Wildman–Crippen MR) is 86.6 cm³/mol. The minimum absolute atomic E-state index is 0.170. The minimum Gasteiger partial charge on any atom is -0.486 e. The van der Waals surface area contributed by atoms with Gasteiger partial charge in [-0.1, -0.05) is 6.07 Å². The lowest BCUT2D eigenvalue weighted by atomic mass is 10.1. The smallest absolute Gasteiger partial charge is 0.417 e. The quantitative estimate of drug-likeness (QED) is 0.768. The minimum atomic E-state index is -0.511. The molecule has 2 N–H and O–H groups in total. The van der Waals surface area contributed by atoms with Crippen LogP contribution in [-0.4, -0.2) is 24.1 Å². The van der Waals surface area contributed by atoms with Crippen molar-refractivity contribution in [3.8, 4) is 11.5 Å². The molecule has 0 saturated heterocycles. The van der Waals surface area contributed by atoms with E-state index in [-0.39, 0.29) is 12.3 Å². The van der Waals surface area contributed by atoms with Gasteiger partial charge in [0.1, 0.15) is 13.2 Å². The molecular weight excluding hydrogens is 312 g/mol. The summed E-state index contributed by atoms with van der Waals surface area (Å²) in [6.07, 6.45) is 0.178. The van der Waals surface area contributed by atoms with Crippen molar-refractivity contribution in [1.29, 1.82) is 0 Å². The number of carbonyl (C=O) groups excluding carboxylic acids is 1. The number of amides is 1. The summed E-state index contributed by atoms with van der Waals surface area (Å²) in [4.78, 5) is 25.9. The summed E-state index contributed by atoms with van der Waals surface area (Å²) in [5.41, 5.74) is 2.46. The Hall–Kier alpha value is -3.22. The van der Waals surface area contributed by atoms with Crippen LogP contribution in [0.4, 0.5) is 5.69 Å². The highest BCUT2D eigenvalue weighted by Gasteiger charge is 2.13. The van der Waals surface area contributed by atoms with Gasteiger partial charge in [-0.25, -0.2) is 4.79 Å². The predicted octanol–water partition coefficient (Wildman–Crippen LogP) is 2.07. The number of oxazole rings is 1. The number of hydrogen-bond acceptors (Lipinski definition) is 5. The fourth-order valence-corrected chi connectivity index (χ4v) is 2.62. The number of aromatic nitrogens is 1. The summed E-state index contributed by atoms with van der Waals surface area (Å²) < 4.78 is 15.9. The zero-order valence-corrected chi connectivity index (χ0v) is 12.6. The normalized spacial score (nSPS) is 13.0. The molecule has 0 spiro atoms. The van der Waals surface area contributed by atoms with Crippen LogP contribution in [0.15, 0.2) is 45.6 Å². The first-order valence-electron chi connectivity index (χ1n) is 7.49. The Labute approximate surface area is 136 Å². The van der Waals surface area contributed by atoms with Crippen molar-refractivity contribution in [1.82, 2.24) is 4.98 Å². The molecule has 1 aliphatic heterocycles. The van der Waals surface area contributed by atoms with E-state index in [1.54, 1.807) is 36.4 Å². The lowest BCUT2D eigenvalue weighted by Gasteiger charge is -2.19. The Morgan fingerprint density at radius 2 is 1.92 bits per heavy atom. The standard InChI is InChI=1S/C17H14N2O5/c20-16(8-10-1-3-13-12(7-10)19-17(21)24-13)18-11-2-4-14-15(9-11)23-6-5-22-14/h1-4,7,9H,5-6,8H2,(H,18,20)(H,19,21). The van der Waals surface area contributed by atoms with E-state index >= 15 is 0 Å². The molecule has 1 amide bonds. The molecule has 7 nitrogen and oxygen atoms in total. The molecule has 4 rings (SSSR count). The van der Waals surface area contributed by atoms with Crippen molar-refractivity contribution in [2.75, 3.05) is 18.5 Å². The molecule has 0 unspecified atom stereocenters.